The van der Waals surface area contributed by atoms with Crippen LogP contribution in [0.25, 0.3) is 10.2 Å². The van der Waals surface area contributed by atoms with Crippen LogP contribution in [0.5, 0.6) is 0 Å². The Balaban J connectivity index is 2.12. The van der Waals surface area contributed by atoms with E-state index in [1.807, 2.05) is 5.38 Å². The Morgan fingerprint density at radius 3 is 3.00 bits per heavy atom. The van der Waals surface area contributed by atoms with Crippen LogP contribution in [0.3, 0.4) is 0 Å². The molecule has 0 atom stereocenters. The normalized spacial score (nSPS) is 11.0. The van der Waals surface area contributed by atoms with Crippen molar-refractivity contribution in [3.63, 3.8) is 0 Å². The van der Waals surface area contributed by atoms with Crippen molar-refractivity contribution in [2.45, 2.75) is 33.3 Å². The summed E-state index contributed by atoms with van der Waals surface area (Å²) in [4.78, 5) is 10.1. The highest BCUT2D eigenvalue weighted by atomic mass is 32.1. The van der Waals surface area contributed by atoms with E-state index in [-0.39, 0.29) is 0 Å². The van der Waals surface area contributed by atoms with Crippen molar-refractivity contribution in [3.05, 3.63) is 17.3 Å². The van der Waals surface area contributed by atoms with E-state index in [0.717, 1.165) is 47.9 Å². The molecule has 4 nitrogen and oxygen atoms in total. The Kier molecular flexibility index (Phi) is 4.90. The first-order chi connectivity index (χ1) is 8.85. The van der Waals surface area contributed by atoms with Gasteiger partial charge >= 0.3 is 0 Å². The number of anilines is 1. The van der Waals surface area contributed by atoms with Crippen LogP contribution in [-0.2, 0) is 11.3 Å². The van der Waals surface area contributed by atoms with Gasteiger partial charge < -0.3 is 10.1 Å². The van der Waals surface area contributed by atoms with E-state index in [1.165, 1.54) is 0 Å². The average molecular weight is 265 g/mol. The van der Waals surface area contributed by atoms with Gasteiger partial charge in [-0.1, -0.05) is 13.3 Å². The maximum atomic E-state index is 5.57. The van der Waals surface area contributed by atoms with E-state index < -0.39 is 0 Å². The number of aromatic nitrogens is 2. The second-order valence-corrected chi connectivity index (χ2v) is 4.96. The molecule has 0 aliphatic carbocycles. The van der Waals surface area contributed by atoms with Gasteiger partial charge in [-0.25, -0.2) is 9.97 Å². The van der Waals surface area contributed by atoms with Crippen molar-refractivity contribution in [2.24, 2.45) is 0 Å². The Morgan fingerprint density at radius 1 is 1.33 bits per heavy atom. The summed E-state index contributed by atoms with van der Waals surface area (Å²) in [6.07, 6.45) is 2.23. The zero-order valence-electron chi connectivity index (χ0n) is 10.9. The Hall–Kier alpha value is -1.20. The van der Waals surface area contributed by atoms with Crippen LogP contribution in [-0.4, -0.2) is 23.1 Å². The van der Waals surface area contributed by atoms with E-state index in [9.17, 15) is 0 Å². The van der Waals surface area contributed by atoms with Crippen LogP contribution in [0.15, 0.2) is 11.4 Å². The first kappa shape index (κ1) is 13.2. The molecule has 0 unspecified atom stereocenters. The monoisotopic (exact) mass is 265 g/mol. The number of unbranched alkanes of at least 4 members (excludes halogenated alkanes) is 1. The Morgan fingerprint density at radius 2 is 2.22 bits per heavy atom. The highest BCUT2D eigenvalue weighted by Crippen LogP contribution is 2.25. The van der Waals surface area contributed by atoms with Gasteiger partial charge in [-0.2, -0.15) is 0 Å². The van der Waals surface area contributed by atoms with Crippen molar-refractivity contribution in [1.29, 1.82) is 0 Å². The molecule has 1 N–H and O–H groups in total. The van der Waals surface area contributed by atoms with Crippen LogP contribution < -0.4 is 5.32 Å². The molecule has 0 saturated carbocycles. The SMILES string of the molecule is CCCCOCc1nc(NCC)c2ccsc2n1. The largest absolute Gasteiger partial charge is 0.373 e. The number of nitrogens with one attached hydrogen (secondary N) is 1. The number of hydrogen-bond donors (Lipinski definition) is 1. The number of thiophene rings is 1. The van der Waals surface area contributed by atoms with Crippen LogP contribution in [0.2, 0.25) is 0 Å². The summed E-state index contributed by atoms with van der Waals surface area (Å²) < 4.78 is 5.57. The minimum absolute atomic E-state index is 0.492. The van der Waals surface area contributed by atoms with Crippen LogP contribution in [0, 0.1) is 0 Å². The summed E-state index contributed by atoms with van der Waals surface area (Å²) in [6, 6.07) is 2.06. The van der Waals surface area contributed by atoms with Gasteiger partial charge in [-0.15, -0.1) is 11.3 Å². The summed E-state index contributed by atoms with van der Waals surface area (Å²) in [7, 11) is 0. The molecule has 0 fully saturated rings. The first-order valence-electron chi connectivity index (χ1n) is 6.40. The predicted molar refractivity (Wildman–Crippen MR) is 76.1 cm³/mol. The third kappa shape index (κ3) is 3.17. The van der Waals surface area contributed by atoms with E-state index in [4.69, 9.17) is 4.74 Å². The van der Waals surface area contributed by atoms with Gasteiger partial charge in [0.05, 0.1) is 5.39 Å². The van der Waals surface area contributed by atoms with Crippen molar-refractivity contribution < 1.29 is 4.74 Å². The van der Waals surface area contributed by atoms with Gasteiger partial charge in [0.15, 0.2) is 5.82 Å². The van der Waals surface area contributed by atoms with E-state index in [1.54, 1.807) is 11.3 Å². The number of fused-ring (bicyclic) bond motifs is 1. The summed E-state index contributed by atoms with van der Waals surface area (Å²) >= 11 is 1.64. The third-order valence-corrected chi connectivity index (χ3v) is 3.40. The maximum Gasteiger partial charge on any atom is 0.158 e. The summed E-state index contributed by atoms with van der Waals surface area (Å²) in [6.45, 7) is 6.35. The van der Waals surface area contributed by atoms with Crippen molar-refractivity contribution >= 4 is 27.4 Å². The molecule has 2 aromatic heterocycles. The smallest absolute Gasteiger partial charge is 0.158 e. The van der Waals surface area contributed by atoms with Crippen LogP contribution >= 0.6 is 11.3 Å². The van der Waals surface area contributed by atoms with E-state index in [2.05, 4.69) is 35.2 Å². The lowest BCUT2D eigenvalue weighted by Gasteiger charge is -2.07. The van der Waals surface area contributed by atoms with Crippen molar-refractivity contribution in [1.82, 2.24) is 9.97 Å². The van der Waals surface area contributed by atoms with Crippen LogP contribution in [0.4, 0.5) is 5.82 Å². The standard InChI is InChI=1S/C13H19N3OS/c1-3-5-7-17-9-11-15-12(14-4-2)10-6-8-18-13(10)16-11/h6,8H,3-5,7,9H2,1-2H3,(H,14,15,16). The molecule has 18 heavy (non-hydrogen) atoms. The van der Waals surface area contributed by atoms with Gasteiger partial charge in [0.1, 0.15) is 17.3 Å². The second-order valence-electron chi connectivity index (χ2n) is 4.06. The topological polar surface area (TPSA) is 47.0 Å². The minimum atomic E-state index is 0.492. The van der Waals surface area contributed by atoms with Gasteiger partial charge in [-0.3, -0.25) is 0 Å². The summed E-state index contributed by atoms with van der Waals surface area (Å²) in [5.74, 6) is 1.68. The molecule has 0 aliphatic heterocycles. The molecule has 2 rings (SSSR count). The van der Waals surface area contributed by atoms with Crippen LogP contribution in [0.1, 0.15) is 32.5 Å². The molecule has 0 bridgehead atoms. The number of hydrogen-bond acceptors (Lipinski definition) is 5. The van der Waals surface area contributed by atoms with Gasteiger partial charge in [0.2, 0.25) is 0 Å². The van der Waals surface area contributed by atoms with E-state index >= 15 is 0 Å². The minimum Gasteiger partial charge on any atom is -0.373 e. The molecule has 0 amide bonds. The molecule has 2 heterocycles. The number of ether oxygens (including phenoxy) is 1. The number of nitrogens with zero attached hydrogens (tertiary/aromatic N) is 2. The lowest BCUT2D eigenvalue weighted by atomic mass is 10.3. The molecular weight excluding hydrogens is 246 g/mol. The predicted octanol–water partition coefficient (Wildman–Crippen LogP) is 3.44. The fourth-order valence-electron chi connectivity index (χ4n) is 1.68. The van der Waals surface area contributed by atoms with Crippen molar-refractivity contribution in [2.75, 3.05) is 18.5 Å². The van der Waals surface area contributed by atoms with Gasteiger partial charge in [-0.05, 0) is 24.8 Å². The highest BCUT2D eigenvalue weighted by molar-refractivity contribution is 7.16. The molecule has 0 saturated heterocycles. The van der Waals surface area contributed by atoms with E-state index in [0.29, 0.717) is 6.61 Å². The Labute approximate surface area is 111 Å². The van der Waals surface area contributed by atoms with Gasteiger partial charge in [0.25, 0.3) is 0 Å². The molecule has 2 aromatic rings. The highest BCUT2D eigenvalue weighted by Gasteiger charge is 2.08. The lowest BCUT2D eigenvalue weighted by Crippen LogP contribution is -2.05. The summed E-state index contributed by atoms with van der Waals surface area (Å²) in [5, 5.41) is 6.42. The fraction of sp³-hybridized carbons (Fsp3) is 0.538. The Bertz CT molecular complexity index is 498. The molecule has 98 valence electrons. The second kappa shape index (κ2) is 6.66. The maximum absolute atomic E-state index is 5.57. The molecular formula is C13H19N3OS. The van der Waals surface area contributed by atoms with Crippen molar-refractivity contribution in [3.8, 4) is 0 Å². The molecule has 0 radical (unpaired) electrons. The molecule has 5 heteroatoms. The molecule has 0 aromatic carbocycles. The quantitative estimate of drug-likeness (QED) is 0.779. The zero-order valence-corrected chi connectivity index (χ0v) is 11.7. The number of rotatable bonds is 7. The lowest BCUT2D eigenvalue weighted by molar-refractivity contribution is 0.113. The fourth-order valence-corrected chi connectivity index (χ4v) is 2.46. The third-order valence-electron chi connectivity index (χ3n) is 2.59. The first-order valence-corrected chi connectivity index (χ1v) is 7.28. The van der Waals surface area contributed by atoms with Gasteiger partial charge in [0, 0.05) is 13.2 Å². The zero-order chi connectivity index (χ0) is 12.8. The molecule has 0 spiro atoms. The average Bonchev–Trinajstić information content (AvgIpc) is 2.83. The molecule has 0 aliphatic rings. The summed E-state index contributed by atoms with van der Waals surface area (Å²) in [5.41, 5.74) is 0.